The monoisotopic (exact) mass is 274 g/mol. The Balaban J connectivity index is 2.10. The Morgan fingerprint density at radius 1 is 1.15 bits per heavy atom. The summed E-state index contributed by atoms with van der Waals surface area (Å²) < 4.78 is 0. The Morgan fingerprint density at radius 3 is 2.20 bits per heavy atom. The Kier molecular flexibility index (Phi) is 4.74. The van der Waals surface area contributed by atoms with Crippen LogP contribution in [-0.4, -0.2) is 20.1 Å². The lowest BCUT2D eigenvalue weighted by atomic mass is 9.70. The lowest BCUT2D eigenvalue weighted by Gasteiger charge is -2.41. The number of aryl methyl sites for hydroxylation is 2. The van der Waals surface area contributed by atoms with E-state index in [2.05, 4.69) is 50.9 Å². The average Bonchev–Trinajstić information content (AvgIpc) is 2.40. The zero-order chi connectivity index (χ0) is 14.8. The molecule has 112 valence electrons. The molecule has 0 atom stereocenters. The minimum absolute atomic E-state index is 0.318. The predicted molar refractivity (Wildman–Crippen MR) is 88.3 cm³/mol. The molecule has 2 heteroatoms. The van der Waals surface area contributed by atoms with E-state index in [1.54, 1.807) is 0 Å². The van der Waals surface area contributed by atoms with Gasteiger partial charge in [0, 0.05) is 24.7 Å². The zero-order valence-corrected chi connectivity index (χ0v) is 13.6. The van der Waals surface area contributed by atoms with E-state index in [1.165, 1.54) is 42.5 Å². The van der Waals surface area contributed by atoms with E-state index in [4.69, 9.17) is 5.73 Å². The third-order valence-electron chi connectivity index (χ3n) is 4.99. The molecule has 2 N–H and O–H groups in total. The van der Waals surface area contributed by atoms with Crippen molar-refractivity contribution in [3.63, 3.8) is 0 Å². The van der Waals surface area contributed by atoms with Crippen LogP contribution in [-0.2, 0) is 0 Å². The molecule has 2 rings (SSSR count). The summed E-state index contributed by atoms with van der Waals surface area (Å²) in [7, 11) is 2.21. The Morgan fingerprint density at radius 2 is 1.70 bits per heavy atom. The van der Waals surface area contributed by atoms with Crippen LogP contribution in [0.25, 0.3) is 0 Å². The SMILES string of the molecule is Cc1cc(C)cc(N(C)CC2(CN)CCC(C)CC2)c1. The van der Waals surface area contributed by atoms with Gasteiger partial charge in [-0.1, -0.05) is 25.8 Å². The molecule has 0 bridgehead atoms. The fourth-order valence-corrected chi connectivity index (χ4v) is 3.57. The molecule has 1 fully saturated rings. The Bertz CT molecular complexity index is 424. The van der Waals surface area contributed by atoms with Gasteiger partial charge in [-0.15, -0.1) is 0 Å². The minimum Gasteiger partial charge on any atom is -0.374 e. The second-order valence-electron chi connectivity index (χ2n) is 7.09. The molecule has 2 nitrogen and oxygen atoms in total. The minimum atomic E-state index is 0.318. The van der Waals surface area contributed by atoms with Crippen molar-refractivity contribution in [3.8, 4) is 0 Å². The van der Waals surface area contributed by atoms with Crippen LogP contribution in [0.3, 0.4) is 0 Å². The second kappa shape index (κ2) is 6.17. The number of nitrogens with two attached hydrogens (primary N) is 1. The molecular formula is C18H30N2. The van der Waals surface area contributed by atoms with Crippen LogP contribution in [0.2, 0.25) is 0 Å². The van der Waals surface area contributed by atoms with Crippen molar-refractivity contribution in [2.45, 2.75) is 46.5 Å². The van der Waals surface area contributed by atoms with Gasteiger partial charge in [0.15, 0.2) is 0 Å². The molecule has 20 heavy (non-hydrogen) atoms. The normalized spacial score (nSPS) is 26.6. The van der Waals surface area contributed by atoms with Crippen LogP contribution < -0.4 is 10.6 Å². The van der Waals surface area contributed by atoms with Gasteiger partial charge in [0.25, 0.3) is 0 Å². The summed E-state index contributed by atoms with van der Waals surface area (Å²) >= 11 is 0. The molecule has 0 unspecified atom stereocenters. The maximum absolute atomic E-state index is 6.14. The van der Waals surface area contributed by atoms with E-state index in [0.29, 0.717) is 5.41 Å². The van der Waals surface area contributed by atoms with Crippen LogP contribution in [0.15, 0.2) is 18.2 Å². The van der Waals surface area contributed by atoms with Crippen molar-refractivity contribution in [2.24, 2.45) is 17.1 Å². The standard InChI is InChI=1S/C18H30N2/c1-14-5-7-18(12-19,8-6-14)13-20(4)17-10-15(2)9-16(3)11-17/h9-11,14H,5-8,12-13,19H2,1-4H3. The highest BCUT2D eigenvalue weighted by Crippen LogP contribution is 2.39. The number of rotatable bonds is 4. The van der Waals surface area contributed by atoms with Gasteiger partial charge < -0.3 is 10.6 Å². The number of hydrogen-bond donors (Lipinski definition) is 1. The molecule has 1 aliphatic carbocycles. The van der Waals surface area contributed by atoms with Crippen LogP contribution in [0.4, 0.5) is 5.69 Å². The van der Waals surface area contributed by atoms with Crippen LogP contribution >= 0.6 is 0 Å². The third-order valence-corrected chi connectivity index (χ3v) is 4.99. The molecule has 1 aromatic rings. The van der Waals surface area contributed by atoms with Gasteiger partial charge in [0.2, 0.25) is 0 Å². The molecule has 0 spiro atoms. The van der Waals surface area contributed by atoms with Crippen LogP contribution in [0, 0.1) is 25.2 Å². The van der Waals surface area contributed by atoms with Gasteiger partial charge in [0.1, 0.15) is 0 Å². The summed E-state index contributed by atoms with van der Waals surface area (Å²) in [6.07, 6.45) is 5.22. The Hall–Kier alpha value is -1.02. The first-order chi connectivity index (χ1) is 9.44. The van der Waals surface area contributed by atoms with Crippen LogP contribution in [0.1, 0.15) is 43.7 Å². The number of anilines is 1. The van der Waals surface area contributed by atoms with E-state index in [1.807, 2.05) is 0 Å². The Labute approximate surface area is 124 Å². The second-order valence-corrected chi connectivity index (χ2v) is 7.09. The summed E-state index contributed by atoms with van der Waals surface area (Å²) in [4.78, 5) is 2.41. The topological polar surface area (TPSA) is 29.3 Å². The van der Waals surface area contributed by atoms with Crippen molar-refractivity contribution < 1.29 is 0 Å². The van der Waals surface area contributed by atoms with E-state index in [-0.39, 0.29) is 0 Å². The summed E-state index contributed by atoms with van der Waals surface area (Å²) in [6, 6.07) is 6.80. The molecule has 1 aliphatic rings. The van der Waals surface area contributed by atoms with Gasteiger partial charge in [-0.3, -0.25) is 0 Å². The number of hydrogen-bond acceptors (Lipinski definition) is 2. The van der Waals surface area contributed by atoms with Crippen molar-refractivity contribution >= 4 is 5.69 Å². The van der Waals surface area contributed by atoms with Gasteiger partial charge >= 0.3 is 0 Å². The summed E-state index contributed by atoms with van der Waals surface area (Å²) in [5, 5.41) is 0. The van der Waals surface area contributed by atoms with E-state index >= 15 is 0 Å². The van der Waals surface area contributed by atoms with Gasteiger partial charge in [-0.2, -0.15) is 0 Å². The summed E-state index contributed by atoms with van der Waals surface area (Å²) in [5.41, 5.74) is 10.5. The molecule has 0 saturated heterocycles. The first-order valence-corrected chi connectivity index (χ1v) is 7.94. The summed E-state index contributed by atoms with van der Waals surface area (Å²) in [5.74, 6) is 0.876. The maximum atomic E-state index is 6.14. The van der Waals surface area contributed by atoms with E-state index < -0.39 is 0 Å². The smallest absolute Gasteiger partial charge is 0.0369 e. The predicted octanol–water partition coefficient (Wildman–Crippen LogP) is 3.89. The molecular weight excluding hydrogens is 244 g/mol. The van der Waals surface area contributed by atoms with Crippen molar-refractivity contribution in [3.05, 3.63) is 29.3 Å². The summed E-state index contributed by atoms with van der Waals surface area (Å²) in [6.45, 7) is 8.61. The highest BCUT2D eigenvalue weighted by atomic mass is 15.1. The first kappa shape index (κ1) is 15.4. The number of nitrogens with zero attached hydrogens (tertiary/aromatic N) is 1. The quantitative estimate of drug-likeness (QED) is 0.902. The van der Waals surface area contributed by atoms with Gasteiger partial charge in [-0.25, -0.2) is 0 Å². The van der Waals surface area contributed by atoms with Gasteiger partial charge in [-0.05, 0) is 62.4 Å². The van der Waals surface area contributed by atoms with Crippen LogP contribution in [0.5, 0.6) is 0 Å². The average molecular weight is 274 g/mol. The van der Waals surface area contributed by atoms with E-state index in [0.717, 1.165) is 19.0 Å². The van der Waals surface area contributed by atoms with Crippen molar-refractivity contribution in [2.75, 3.05) is 25.0 Å². The highest BCUT2D eigenvalue weighted by Gasteiger charge is 2.34. The molecule has 0 amide bonds. The first-order valence-electron chi connectivity index (χ1n) is 7.94. The highest BCUT2D eigenvalue weighted by molar-refractivity contribution is 5.50. The van der Waals surface area contributed by atoms with Gasteiger partial charge in [0.05, 0.1) is 0 Å². The maximum Gasteiger partial charge on any atom is 0.0369 e. The lowest BCUT2D eigenvalue weighted by molar-refractivity contribution is 0.171. The molecule has 0 aliphatic heterocycles. The van der Waals surface area contributed by atoms with E-state index in [9.17, 15) is 0 Å². The van der Waals surface area contributed by atoms with Crippen molar-refractivity contribution in [1.29, 1.82) is 0 Å². The fourth-order valence-electron chi connectivity index (χ4n) is 3.57. The molecule has 0 heterocycles. The molecule has 1 saturated carbocycles. The zero-order valence-electron chi connectivity index (χ0n) is 13.6. The largest absolute Gasteiger partial charge is 0.374 e. The fraction of sp³-hybridized carbons (Fsp3) is 0.667. The lowest BCUT2D eigenvalue weighted by Crippen LogP contribution is -2.43. The number of benzene rings is 1. The molecule has 0 radical (unpaired) electrons. The third kappa shape index (κ3) is 3.54. The molecule has 1 aromatic carbocycles. The molecule has 0 aromatic heterocycles. The van der Waals surface area contributed by atoms with Crippen molar-refractivity contribution in [1.82, 2.24) is 0 Å².